The number of thioether (sulfide) groups is 1. The van der Waals surface area contributed by atoms with E-state index in [0.29, 0.717) is 16.5 Å². The Labute approximate surface area is 108 Å². The SMILES string of the molecule is COc1ccc(C(=O)n2nc(SC)nc2N)cc1. The number of hydrogen-bond donors (Lipinski definition) is 1. The summed E-state index contributed by atoms with van der Waals surface area (Å²) in [6, 6.07) is 6.72. The average Bonchev–Trinajstić information content (AvgIpc) is 2.79. The van der Waals surface area contributed by atoms with Crippen LogP contribution in [0.4, 0.5) is 5.95 Å². The maximum Gasteiger partial charge on any atom is 0.281 e. The maximum absolute atomic E-state index is 12.1. The molecule has 0 radical (unpaired) electrons. The van der Waals surface area contributed by atoms with Crippen molar-refractivity contribution in [2.24, 2.45) is 0 Å². The van der Waals surface area contributed by atoms with E-state index >= 15 is 0 Å². The third-order valence-corrected chi connectivity index (χ3v) is 2.86. The lowest BCUT2D eigenvalue weighted by Crippen LogP contribution is -2.16. The van der Waals surface area contributed by atoms with Gasteiger partial charge in [0.1, 0.15) is 5.75 Å². The number of rotatable bonds is 3. The number of nitrogen functional groups attached to an aromatic ring is 1. The molecule has 0 aliphatic carbocycles. The summed E-state index contributed by atoms with van der Waals surface area (Å²) in [5, 5.41) is 4.48. The molecule has 7 heteroatoms. The second-order valence-electron chi connectivity index (χ2n) is 3.40. The number of ether oxygens (including phenoxy) is 1. The molecular formula is C11H12N4O2S. The van der Waals surface area contributed by atoms with Crippen LogP contribution in [0.3, 0.4) is 0 Å². The van der Waals surface area contributed by atoms with Crippen LogP contribution in [0.25, 0.3) is 0 Å². The summed E-state index contributed by atoms with van der Waals surface area (Å²) in [6.45, 7) is 0. The first-order valence-corrected chi connectivity index (χ1v) is 6.33. The Morgan fingerprint density at radius 1 is 1.39 bits per heavy atom. The molecule has 94 valence electrons. The van der Waals surface area contributed by atoms with Gasteiger partial charge < -0.3 is 10.5 Å². The molecule has 18 heavy (non-hydrogen) atoms. The standard InChI is InChI=1S/C11H12N4O2S/c1-17-8-5-3-7(4-6-8)9(16)15-10(12)13-11(14-15)18-2/h3-6H,1-2H3,(H2,12,13,14). The topological polar surface area (TPSA) is 83.0 Å². The molecule has 0 aliphatic rings. The van der Waals surface area contributed by atoms with E-state index in [1.807, 2.05) is 6.26 Å². The van der Waals surface area contributed by atoms with Gasteiger partial charge >= 0.3 is 0 Å². The fourth-order valence-electron chi connectivity index (χ4n) is 1.40. The first kappa shape index (κ1) is 12.4. The van der Waals surface area contributed by atoms with Gasteiger partial charge in [0.05, 0.1) is 7.11 Å². The zero-order valence-corrected chi connectivity index (χ0v) is 10.8. The molecule has 0 aliphatic heterocycles. The van der Waals surface area contributed by atoms with Crippen molar-refractivity contribution < 1.29 is 9.53 Å². The number of benzene rings is 1. The summed E-state index contributed by atoms with van der Waals surface area (Å²) in [4.78, 5) is 16.1. The Bertz CT molecular complexity index is 565. The van der Waals surface area contributed by atoms with E-state index in [1.165, 1.54) is 11.8 Å². The number of hydrogen-bond acceptors (Lipinski definition) is 6. The quantitative estimate of drug-likeness (QED) is 0.841. The predicted molar refractivity (Wildman–Crippen MR) is 68.9 cm³/mol. The van der Waals surface area contributed by atoms with E-state index in [1.54, 1.807) is 31.4 Å². The highest BCUT2D eigenvalue weighted by Crippen LogP contribution is 2.15. The molecule has 1 aromatic heterocycles. The summed E-state index contributed by atoms with van der Waals surface area (Å²) < 4.78 is 6.12. The fourth-order valence-corrected chi connectivity index (χ4v) is 1.74. The van der Waals surface area contributed by atoms with E-state index in [9.17, 15) is 4.79 Å². The van der Waals surface area contributed by atoms with Crippen LogP contribution in [0.1, 0.15) is 10.4 Å². The van der Waals surface area contributed by atoms with Gasteiger partial charge in [0.25, 0.3) is 5.91 Å². The van der Waals surface area contributed by atoms with Crippen molar-refractivity contribution in [3.05, 3.63) is 29.8 Å². The average molecular weight is 264 g/mol. The van der Waals surface area contributed by atoms with Crippen LogP contribution in [0, 0.1) is 0 Å². The molecule has 6 nitrogen and oxygen atoms in total. The molecule has 1 heterocycles. The highest BCUT2D eigenvalue weighted by atomic mass is 32.2. The molecule has 2 N–H and O–H groups in total. The summed E-state index contributed by atoms with van der Waals surface area (Å²) in [5.74, 6) is 0.450. The second-order valence-corrected chi connectivity index (χ2v) is 4.18. The number of aromatic nitrogens is 3. The van der Waals surface area contributed by atoms with Gasteiger partial charge in [-0.3, -0.25) is 4.79 Å². The highest BCUT2D eigenvalue weighted by Gasteiger charge is 2.15. The number of carbonyl (C=O) groups is 1. The van der Waals surface area contributed by atoms with Gasteiger partial charge in [0.15, 0.2) is 0 Å². The lowest BCUT2D eigenvalue weighted by molar-refractivity contribution is 0.0946. The molecule has 1 aromatic carbocycles. The minimum absolute atomic E-state index is 0.0835. The summed E-state index contributed by atoms with van der Waals surface area (Å²) in [7, 11) is 1.57. The smallest absolute Gasteiger partial charge is 0.281 e. The minimum Gasteiger partial charge on any atom is -0.497 e. The third-order valence-electron chi connectivity index (χ3n) is 2.32. The Balaban J connectivity index is 2.31. The van der Waals surface area contributed by atoms with Gasteiger partial charge in [-0.2, -0.15) is 9.67 Å². The predicted octanol–water partition coefficient (Wildman–Crippen LogP) is 1.28. The van der Waals surface area contributed by atoms with Crippen LogP contribution >= 0.6 is 11.8 Å². The minimum atomic E-state index is -0.317. The largest absolute Gasteiger partial charge is 0.497 e. The molecule has 0 spiro atoms. The highest BCUT2D eigenvalue weighted by molar-refractivity contribution is 7.98. The van der Waals surface area contributed by atoms with E-state index in [0.717, 1.165) is 4.68 Å². The van der Waals surface area contributed by atoms with Crippen LogP contribution in [-0.4, -0.2) is 34.0 Å². The molecule has 0 saturated heterocycles. The summed E-state index contributed by atoms with van der Waals surface area (Å²) in [5.41, 5.74) is 6.11. The van der Waals surface area contributed by atoms with Gasteiger partial charge in [-0.05, 0) is 30.5 Å². The van der Waals surface area contributed by atoms with Crippen molar-refractivity contribution in [3.63, 3.8) is 0 Å². The number of carbonyl (C=O) groups excluding carboxylic acids is 1. The van der Waals surface area contributed by atoms with Gasteiger partial charge in [-0.1, -0.05) is 11.8 Å². The lowest BCUT2D eigenvalue weighted by atomic mass is 10.2. The van der Waals surface area contributed by atoms with Crippen LogP contribution < -0.4 is 10.5 Å². The molecular weight excluding hydrogens is 252 g/mol. The third kappa shape index (κ3) is 2.30. The Hall–Kier alpha value is -2.02. The molecule has 2 aromatic rings. The number of nitrogens with zero attached hydrogens (tertiary/aromatic N) is 3. The zero-order valence-electron chi connectivity index (χ0n) is 9.95. The zero-order chi connectivity index (χ0) is 13.1. The Morgan fingerprint density at radius 3 is 2.56 bits per heavy atom. The van der Waals surface area contributed by atoms with Crippen molar-refractivity contribution in [1.29, 1.82) is 0 Å². The van der Waals surface area contributed by atoms with Gasteiger partial charge in [0.2, 0.25) is 11.1 Å². The van der Waals surface area contributed by atoms with Gasteiger partial charge in [0, 0.05) is 5.56 Å². The fraction of sp³-hybridized carbons (Fsp3) is 0.182. The van der Waals surface area contributed by atoms with Crippen LogP contribution in [0.2, 0.25) is 0 Å². The van der Waals surface area contributed by atoms with Crippen molar-refractivity contribution in [3.8, 4) is 5.75 Å². The lowest BCUT2D eigenvalue weighted by Gasteiger charge is -2.03. The van der Waals surface area contributed by atoms with E-state index in [4.69, 9.17) is 10.5 Å². The summed E-state index contributed by atoms with van der Waals surface area (Å²) in [6.07, 6.45) is 1.82. The Morgan fingerprint density at radius 2 is 2.06 bits per heavy atom. The first-order chi connectivity index (χ1) is 8.65. The van der Waals surface area contributed by atoms with Crippen LogP contribution in [0.5, 0.6) is 5.75 Å². The van der Waals surface area contributed by atoms with E-state index in [-0.39, 0.29) is 11.9 Å². The van der Waals surface area contributed by atoms with Crippen molar-refractivity contribution in [2.45, 2.75) is 5.16 Å². The molecule has 2 rings (SSSR count). The van der Waals surface area contributed by atoms with E-state index in [2.05, 4.69) is 10.1 Å². The van der Waals surface area contributed by atoms with Gasteiger partial charge in [-0.15, -0.1) is 5.10 Å². The number of anilines is 1. The normalized spacial score (nSPS) is 10.3. The monoisotopic (exact) mass is 264 g/mol. The number of nitrogens with two attached hydrogens (primary N) is 1. The van der Waals surface area contributed by atoms with Crippen molar-refractivity contribution >= 4 is 23.6 Å². The van der Waals surface area contributed by atoms with E-state index < -0.39 is 0 Å². The maximum atomic E-state index is 12.1. The number of methoxy groups -OCH3 is 1. The molecule has 0 saturated carbocycles. The van der Waals surface area contributed by atoms with Crippen LogP contribution in [-0.2, 0) is 0 Å². The second kappa shape index (κ2) is 5.09. The Kier molecular flexibility index (Phi) is 3.52. The van der Waals surface area contributed by atoms with Crippen molar-refractivity contribution in [1.82, 2.24) is 14.8 Å². The molecule has 0 fully saturated rings. The van der Waals surface area contributed by atoms with Crippen LogP contribution in [0.15, 0.2) is 29.4 Å². The molecule has 0 amide bonds. The van der Waals surface area contributed by atoms with Crippen molar-refractivity contribution in [2.75, 3.05) is 19.1 Å². The summed E-state index contributed by atoms with van der Waals surface area (Å²) >= 11 is 1.33. The molecule has 0 unspecified atom stereocenters. The molecule has 0 bridgehead atoms. The van der Waals surface area contributed by atoms with Gasteiger partial charge in [-0.25, -0.2) is 0 Å². The molecule has 0 atom stereocenters. The first-order valence-electron chi connectivity index (χ1n) is 5.11.